The van der Waals surface area contributed by atoms with Gasteiger partial charge >= 0.3 is 12.4 Å². The Morgan fingerprint density at radius 1 is 0.418 bits per heavy atom. The minimum absolute atomic E-state index is 0.0117. The summed E-state index contributed by atoms with van der Waals surface area (Å²) in [4.78, 5) is 77.0. The predicted molar refractivity (Wildman–Crippen MR) is 295 cm³/mol. The Balaban J connectivity index is 0.000000475. The summed E-state index contributed by atoms with van der Waals surface area (Å²) in [5.74, 6) is -2.27. The average molecular weight is 1190 g/mol. The molecule has 0 bridgehead atoms. The van der Waals surface area contributed by atoms with Gasteiger partial charge in [0.2, 0.25) is 0 Å². The molecule has 0 atom stereocenters. The number of para-hydroxylation sites is 1. The smallest absolute Gasteiger partial charge is 0.355 e. The van der Waals surface area contributed by atoms with Crippen molar-refractivity contribution < 1.29 is 60.0 Å². The third-order valence-corrected chi connectivity index (χ3v) is 11.5. The molecule has 424 valence electrons. The number of amides is 6. The molecule has 0 saturated heterocycles. The number of carbonyl (C=O) groups is 6. The number of aryl methyl sites for hydroxylation is 4. The molecule has 0 radical (unpaired) electrons. The van der Waals surface area contributed by atoms with Crippen molar-refractivity contribution in [3.8, 4) is 0 Å². The van der Waals surface area contributed by atoms with E-state index in [2.05, 4.69) is 31.9 Å². The second-order valence-corrected chi connectivity index (χ2v) is 17.5. The van der Waals surface area contributed by atoms with Crippen LogP contribution in [0.3, 0.4) is 0 Å². The van der Waals surface area contributed by atoms with Crippen LogP contribution in [0.25, 0.3) is 0 Å². The molecule has 0 aliphatic carbocycles. The molecule has 0 aliphatic heterocycles. The molecule has 6 rings (SSSR count). The zero-order chi connectivity index (χ0) is 60.5. The van der Waals surface area contributed by atoms with Gasteiger partial charge < -0.3 is 31.9 Å². The number of nitro benzene ring substituents is 1. The number of carbonyl (C=O) groups excluding carboxylic acids is 6. The van der Waals surface area contributed by atoms with E-state index in [0.717, 1.165) is 41.0 Å². The molecule has 0 unspecified atom stereocenters. The second kappa shape index (κ2) is 32.9. The van der Waals surface area contributed by atoms with Gasteiger partial charge in [-0.3, -0.25) is 38.9 Å². The van der Waals surface area contributed by atoms with Gasteiger partial charge in [-0.1, -0.05) is 106 Å². The summed E-state index contributed by atoms with van der Waals surface area (Å²) in [6, 6.07) is 28.1. The van der Waals surface area contributed by atoms with Crippen LogP contribution in [-0.2, 0) is 12.4 Å². The van der Waals surface area contributed by atoms with Gasteiger partial charge in [0.15, 0.2) is 0 Å². The standard InChI is InChI=1S/C10H10F3NO.C10H13NO.C9H7ClF3NO.C9H10ClNO.C8H7Cl2NO.C8H8N2O3/c1-6-3-4-7(9(15)14-2)8(5-6)10(11,12)13;1-7-4-5-9(8(2)6-7)10(12)11-3;1-14-8(15)6-4-5(9(11,12)13)2-3-7(6)10;1-6-4-3-5-7(10)8(6)9(12)11-2;1-11-8(12)7-5(9)3-2-4-6(7)10;1-9-8(11)6-4-2-3-5-7(6)10(12)13/h3-5H,1-2H3,(H,14,15);4-6H,1-3H3,(H,11,12);2-4H,1H3,(H,14,15);3-5H,1-2H3,(H,11,12);2-4H,1H3,(H,11,12);2-5H,1H3,(H,9,11). The molecular weight excluding hydrogens is 1130 g/mol. The molecule has 0 aromatic heterocycles. The lowest BCUT2D eigenvalue weighted by molar-refractivity contribution is -0.385. The molecule has 79 heavy (non-hydrogen) atoms. The van der Waals surface area contributed by atoms with E-state index < -0.39 is 46.1 Å². The Hall–Kier alpha value is -7.72. The van der Waals surface area contributed by atoms with Crippen LogP contribution >= 0.6 is 46.4 Å². The maximum atomic E-state index is 12.5. The lowest BCUT2D eigenvalue weighted by atomic mass is 10.0. The summed E-state index contributed by atoms with van der Waals surface area (Å²) in [5.41, 5.74) is 2.76. The van der Waals surface area contributed by atoms with E-state index in [1.807, 2.05) is 51.1 Å². The van der Waals surface area contributed by atoms with Crippen molar-refractivity contribution in [3.63, 3.8) is 0 Å². The summed E-state index contributed by atoms with van der Waals surface area (Å²) in [7, 11) is 8.80. The van der Waals surface area contributed by atoms with Gasteiger partial charge in [-0.2, -0.15) is 26.3 Å². The summed E-state index contributed by atoms with van der Waals surface area (Å²) in [5, 5.41) is 26.0. The van der Waals surface area contributed by atoms with Crippen LogP contribution in [-0.4, -0.2) is 82.7 Å². The Labute approximate surface area is 471 Å². The number of hydrogen-bond acceptors (Lipinski definition) is 8. The first kappa shape index (κ1) is 69.3. The summed E-state index contributed by atoms with van der Waals surface area (Å²) >= 11 is 22.9. The zero-order valence-corrected chi connectivity index (χ0v) is 47.0. The third kappa shape index (κ3) is 21.9. The first-order chi connectivity index (χ1) is 36.9. The molecular formula is C54H55Cl4F6N7O8. The van der Waals surface area contributed by atoms with E-state index in [0.29, 0.717) is 31.8 Å². The number of alkyl halides is 6. The lowest BCUT2D eigenvalue weighted by Crippen LogP contribution is -2.22. The van der Waals surface area contributed by atoms with E-state index in [9.17, 15) is 65.2 Å². The molecule has 0 heterocycles. The number of nitro groups is 1. The Kier molecular flexibility index (Phi) is 28.8. The second-order valence-electron chi connectivity index (χ2n) is 15.8. The van der Waals surface area contributed by atoms with Gasteiger partial charge in [0.1, 0.15) is 5.56 Å². The normalized spacial score (nSPS) is 10.2. The fraction of sp³-hybridized carbons (Fsp3) is 0.222. The van der Waals surface area contributed by atoms with Crippen molar-refractivity contribution in [2.24, 2.45) is 0 Å². The van der Waals surface area contributed by atoms with E-state index in [1.165, 1.54) is 64.1 Å². The highest BCUT2D eigenvalue weighted by atomic mass is 35.5. The maximum Gasteiger partial charge on any atom is 0.417 e. The molecule has 6 amide bonds. The van der Waals surface area contributed by atoms with Crippen LogP contribution in [0, 0.1) is 37.8 Å². The number of benzene rings is 6. The third-order valence-electron chi connectivity index (χ3n) is 10.2. The highest BCUT2D eigenvalue weighted by Crippen LogP contribution is 2.33. The van der Waals surface area contributed by atoms with Crippen LogP contribution in [0.2, 0.25) is 20.1 Å². The van der Waals surface area contributed by atoms with Gasteiger partial charge in [0, 0.05) is 53.9 Å². The maximum absolute atomic E-state index is 12.5. The minimum atomic E-state index is -4.51. The van der Waals surface area contributed by atoms with Crippen molar-refractivity contribution in [2.45, 2.75) is 40.0 Å². The molecule has 6 aromatic rings. The monoisotopic (exact) mass is 1180 g/mol. The predicted octanol–water partition coefficient (Wildman–Crippen LogP) is 12.1. The Morgan fingerprint density at radius 3 is 1.29 bits per heavy atom. The van der Waals surface area contributed by atoms with Crippen LogP contribution in [0.5, 0.6) is 0 Å². The summed E-state index contributed by atoms with van der Waals surface area (Å²) in [6.45, 7) is 7.36. The van der Waals surface area contributed by atoms with Gasteiger partial charge in [-0.15, -0.1) is 0 Å². The SMILES string of the molecule is CNC(=O)c1c(C)cccc1Cl.CNC(=O)c1c(Cl)cccc1Cl.CNC(=O)c1cc(C(F)(F)F)ccc1Cl.CNC(=O)c1ccc(C)cc1C.CNC(=O)c1ccc(C)cc1C(F)(F)F.CNC(=O)c1ccccc1[N+](=O)[O-]. The fourth-order valence-corrected chi connectivity index (χ4v) is 7.36. The molecule has 15 nitrogen and oxygen atoms in total. The van der Waals surface area contributed by atoms with Crippen molar-refractivity contribution >= 4 is 87.5 Å². The van der Waals surface area contributed by atoms with E-state index in [1.54, 1.807) is 51.4 Å². The summed E-state index contributed by atoms with van der Waals surface area (Å²) in [6.07, 6.45) is -8.98. The van der Waals surface area contributed by atoms with Crippen LogP contribution in [0.1, 0.15) is 95.5 Å². The van der Waals surface area contributed by atoms with Gasteiger partial charge in [0.25, 0.3) is 41.1 Å². The number of rotatable bonds is 7. The molecule has 6 N–H and O–H groups in total. The molecule has 0 aliphatic rings. The molecule has 0 spiro atoms. The Morgan fingerprint density at radius 2 is 0.835 bits per heavy atom. The van der Waals surface area contributed by atoms with Gasteiger partial charge in [-0.05, 0) is 99.5 Å². The first-order valence-electron chi connectivity index (χ1n) is 22.7. The van der Waals surface area contributed by atoms with Crippen molar-refractivity contribution in [1.29, 1.82) is 0 Å². The minimum Gasteiger partial charge on any atom is -0.355 e. The van der Waals surface area contributed by atoms with E-state index >= 15 is 0 Å². The number of nitrogens with one attached hydrogen (secondary N) is 6. The highest BCUT2D eigenvalue weighted by molar-refractivity contribution is 6.39. The van der Waals surface area contributed by atoms with E-state index in [-0.39, 0.29) is 45.1 Å². The van der Waals surface area contributed by atoms with Gasteiger partial charge in [-0.25, -0.2) is 0 Å². The number of nitrogens with zero attached hydrogens (tertiary/aromatic N) is 1. The van der Waals surface area contributed by atoms with Crippen molar-refractivity contribution in [1.82, 2.24) is 31.9 Å². The zero-order valence-electron chi connectivity index (χ0n) is 44.0. The molecule has 25 heteroatoms. The molecule has 0 saturated carbocycles. The van der Waals surface area contributed by atoms with Gasteiger partial charge in [0.05, 0.1) is 58.4 Å². The Bertz CT molecular complexity index is 3020. The number of hydrogen-bond donors (Lipinski definition) is 6. The van der Waals surface area contributed by atoms with Crippen molar-refractivity contribution in [2.75, 3.05) is 42.3 Å². The first-order valence-corrected chi connectivity index (χ1v) is 24.2. The molecule has 6 aromatic carbocycles. The summed E-state index contributed by atoms with van der Waals surface area (Å²) < 4.78 is 74.5. The van der Waals surface area contributed by atoms with Crippen molar-refractivity contribution in [3.05, 3.63) is 212 Å². The van der Waals surface area contributed by atoms with Crippen LogP contribution in [0.4, 0.5) is 32.0 Å². The highest BCUT2D eigenvalue weighted by Gasteiger charge is 2.35. The lowest BCUT2D eigenvalue weighted by Gasteiger charge is -2.12. The van der Waals surface area contributed by atoms with E-state index in [4.69, 9.17) is 46.4 Å². The average Bonchev–Trinajstić information content (AvgIpc) is 3.41. The van der Waals surface area contributed by atoms with Crippen LogP contribution < -0.4 is 31.9 Å². The van der Waals surface area contributed by atoms with Crippen LogP contribution in [0.15, 0.2) is 115 Å². The quantitative estimate of drug-likeness (QED) is 0.0512. The topological polar surface area (TPSA) is 218 Å². The number of halogens is 10. The molecule has 0 fully saturated rings. The fourth-order valence-electron chi connectivity index (χ4n) is 6.28. The largest absolute Gasteiger partial charge is 0.417 e.